The molecular weight excluding hydrogens is 252 g/mol. The van der Waals surface area contributed by atoms with Crippen LogP contribution in [0.25, 0.3) is 0 Å². The fourth-order valence-corrected chi connectivity index (χ4v) is 2.39. The summed E-state index contributed by atoms with van der Waals surface area (Å²) in [5.74, 6) is -0.159. The van der Waals surface area contributed by atoms with E-state index in [0.29, 0.717) is 23.2 Å². The van der Waals surface area contributed by atoms with Gasteiger partial charge in [-0.05, 0) is 42.8 Å². The Hall–Kier alpha value is -2.62. The summed E-state index contributed by atoms with van der Waals surface area (Å²) in [6.45, 7) is 1.92. The monoisotopic (exact) mass is 266 g/mol. The Kier molecular flexibility index (Phi) is 2.79. The van der Waals surface area contributed by atoms with Gasteiger partial charge in [-0.1, -0.05) is 11.6 Å². The minimum atomic E-state index is -0.117. The summed E-state index contributed by atoms with van der Waals surface area (Å²) in [6, 6.07) is 10.6. The summed E-state index contributed by atoms with van der Waals surface area (Å²) in [7, 11) is 0. The number of nitrogens with two attached hydrogens (primary N) is 1. The quantitative estimate of drug-likeness (QED) is 0.647. The predicted molar refractivity (Wildman–Crippen MR) is 77.8 cm³/mol. The van der Waals surface area contributed by atoms with Crippen LogP contribution in [0.3, 0.4) is 0 Å². The molecule has 20 heavy (non-hydrogen) atoms. The first-order valence-electron chi connectivity index (χ1n) is 6.38. The highest BCUT2D eigenvalue weighted by atomic mass is 16.1. The highest BCUT2D eigenvalue weighted by molar-refractivity contribution is 6.13. The normalized spacial score (nSPS) is 12.9. The number of fused-ring (bicyclic) bond motifs is 1. The molecule has 0 fully saturated rings. The van der Waals surface area contributed by atoms with E-state index in [4.69, 9.17) is 5.73 Å². The molecule has 1 aliphatic heterocycles. The van der Waals surface area contributed by atoms with E-state index in [1.54, 1.807) is 30.3 Å². The van der Waals surface area contributed by atoms with E-state index < -0.39 is 0 Å². The molecule has 3 rings (SSSR count). The Bertz CT molecular complexity index is 735. The summed E-state index contributed by atoms with van der Waals surface area (Å²) in [5.41, 5.74) is 10.0. The lowest BCUT2D eigenvalue weighted by atomic mass is 9.98. The van der Waals surface area contributed by atoms with Gasteiger partial charge < -0.3 is 11.1 Å². The number of anilines is 2. The van der Waals surface area contributed by atoms with Crippen molar-refractivity contribution in [3.8, 4) is 0 Å². The molecule has 0 saturated carbocycles. The Morgan fingerprint density at radius 2 is 2.00 bits per heavy atom. The second-order valence-electron chi connectivity index (χ2n) is 5.02. The third-order valence-corrected chi connectivity index (χ3v) is 3.45. The van der Waals surface area contributed by atoms with Gasteiger partial charge in [0.05, 0.1) is 6.42 Å². The molecule has 2 aromatic rings. The Labute approximate surface area is 116 Å². The average Bonchev–Trinajstić information content (AvgIpc) is 2.79. The fourth-order valence-electron chi connectivity index (χ4n) is 2.39. The van der Waals surface area contributed by atoms with E-state index in [-0.39, 0.29) is 11.7 Å². The van der Waals surface area contributed by atoms with Crippen LogP contribution in [0.1, 0.15) is 27.0 Å². The van der Waals surface area contributed by atoms with Crippen LogP contribution >= 0.6 is 0 Å². The topological polar surface area (TPSA) is 72.2 Å². The van der Waals surface area contributed by atoms with Gasteiger partial charge in [-0.15, -0.1) is 0 Å². The van der Waals surface area contributed by atoms with Crippen molar-refractivity contribution in [2.75, 3.05) is 11.1 Å². The van der Waals surface area contributed by atoms with Crippen LogP contribution in [0, 0.1) is 6.92 Å². The maximum absolute atomic E-state index is 12.5. The van der Waals surface area contributed by atoms with Crippen LogP contribution in [-0.4, -0.2) is 11.7 Å². The van der Waals surface area contributed by atoms with E-state index in [1.807, 2.05) is 13.0 Å². The number of hydrogen-bond donors (Lipinski definition) is 2. The van der Waals surface area contributed by atoms with Crippen molar-refractivity contribution in [2.45, 2.75) is 13.3 Å². The maximum atomic E-state index is 12.5. The number of carbonyl (C=O) groups excluding carboxylic acids is 2. The smallest absolute Gasteiger partial charge is 0.228 e. The lowest BCUT2D eigenvalue weighted by Crippen LogP contribution is -2.06. The Morgan fingerprint density at radius 1 is 1.20 bits per heavy atom. The van der Waals surface area contributed by atoms with Gasteiger partial charge in [-0.3, -0.25) is 9.59 Å². The number of rotatable bonds is 2. The lowest BCUT2D eigenvalue weighted by molar-refractivity contribution is -0.115. The molecule has 1 amide bonds. The molecular formula is C16H14N2O2. The molecule has 0 radical (unpaired) electrons. The molecule has 4 nitrogen and oxygen atoms in total. The first-order valence-corrected chi connectivity index (χ1v) is 6.38. The zero-order chi connectivity index (χ0) is 14.3. The van der Waals surface area contributed by atoms with Gasteiger partial charge in [-0.2, -0.15) is 0 Å². The zero-order valence-corrected chi connectivity index (χ0v) is 11.1. The van der Waals surface area contributed by atoms with Crippen molar-refractivity contribution in [3.63, 3.8) is 0 Å². The average molecular weight is 266 g/mol. The summed E-state index contributed by atoms with van der Waals surface area (Å²) in [5, 5.41) is 2.75. The highest BCUT2D eigenvalue weighted by Crippen LogP contribution is 2.26. The second-order valence-corrected chi connectivity index (χ2v) is 5.02. The second kappa shape index (κ2) is 4.49. The number of nitrogens with one attached hydrogen (secondary N) is 1. The summed E-state index contributed by atoms with van der Waals surface area (Å²) < 4.78 is 0. The highest BCUT2D eigenvalue weighted by Gasteiger charge is 2.20. The number of amides is 1. The molecule has 0 bridgehead atoms. The van der Waals surface area contributed by atoms with Gasteiger partial charge in [0.25, 0.3) is 0 Å². The molecule has 0 atom stereocenters. The number of carbonyl (C=O) groups is 2. The van der Waals surface area contributed by atoms with E-state index in [2.05, 4.69) is 5.32 Å². The third-order valence-electron chi connectivity index (χ3n) is 3.45. The van der Waals surface area contributed by atoms with Gasteiger partial charge in [0.1, 0.15) is 0 Å². The number of aryl methyl sites for hydroxylation is 1. The Balaban J connectivity index is 2.01. The lowest BCUT2D eigenvalue weighted by Gasteiger charge is -2.07. The van der Waals surface area contributed by atoms with E-state index in [0.717, 1.165) is 16.8 Å². The number of ketones is 1. The first-order chi connectivity index (χ1) is 9.54. The van der Waals surface area contributed by atoms with Crippen molar-refractivity contribution in [3.05, 3.63) is 58.7 Å². The number of benzene rings is 2. The standard InChI is InChI=1S/C16H14N2O2/c1-9-2-4-13(17)12(6-9)16(20)10-3-5-14-11(7-10)8-15(19)18-14/h2-7H,8,17H2,1H3,(H,18,19). The number of hydrogen-bond acceptors (Lipinski definition) is 3. The molecule has 4 heteroatoms. The predicted octanol–water partition coefficient (Wildman–Crippen LogP) is 2.30. The summed E-state index contributed by atoms with van der Waals surface area (Å²) in [6.07, 6.45) is 0.319. The van der Waals surface area contributed by atoms with Gasteiger partial charge >= 0.3 is 0 Å². The van der Waals surface area contributed by atoms with Crippen LogP contribution in [-0.2, 0) is 11.2 Å². The van der Waals surface area contributed by atoms with Crippen molar-refractivity contribution in [1.82, 2.24) is 0 Å². The SMILES string of the molecule is Cc1ccc(N)c(C(=O)c2ccc3c(c2)CC(=O)N3)c1. The molecule has 2 aromatic carbocycles. The summed E-state index contributed by atoms with van der Waals surface area (Å²) >= 11 is 0. The maximum Gasteiger partial charge on any atom is 0.228 e. The minimum absolute atomic E-state index is 0.0420. The molecule has 1 heterocycles. The van der Waals surface area contributed by atoms with Crippen LogP contribution in [0.2, 0.25) is 0 Å². The first kappa shape index (κ1) is 12.4. The molecule has 1 aliphatic rings. The van der Waals surface area contributed by atoms with Crippen molar-refractivity contribution in [1.29, 1.82) is 0 Å². The number of nitrogen functional groups attached to an aromatic ring is 1. The largest absolute Gasteiger partial charge is 0.398 e. The molecule has 0 spiro atoms. The molecule has 0 aliphatic carbocycles. The zero-order valence-electron chi connectivity index (χ0n) is 11.1. The van der Waals surface area contributed by atoms with Gasteiger partial charge in [0, 0.05) is 22.5 Å². The van der Waals surface area contributed by atoms with Gasteiger partial charge in [0.2, 0.25) is 5.91 Å². The van der Waals surface area contributed by atoms with Crippen LogP contribution in [0.5, 0.6) is 0 Å². The molecule has 100 valence electrons. The van der Waals surface area contributed by atoms with E-state index in [1.165, 1.54) is 0 Å². The van der Waals surface area contributed by atoms with Crippen molar-refractivity contribution < 1.29 is 9.59 Å². The molecule has 3 N–H and O–H groups in total. The summed E-state index contributed by atoms with van der Waals surface area (Å²) in [4.78, 5) is 23.8. The fraction of sp³-hybridized carbons (Fsp3) is 0.125. The van der Waals surface area contributed by atoms with E-state index in [9.17, 15) is 9.59 Å². The van der Waals surface area contributed by atoms with Crippen molar-refractivity contribution >= 4 is 23.1 Å². The Morgan fingerprint density at radius 3 is 2.80 bits per heavy atom. The van der Waals surface area contributed by atoms with Crippen molar-refractivity contribution in [2.24, 2.45) is 0 Å². The van der Waals surface area contributed by atoms with Crippen LogP contribution in [0.4, 0.5) is 11.4 Å². The van der Waals surface area contributed by atoms with Gasteiger partial charge in [0.15, 0.2) is 5.78 Å². The van der Waals surface area contributed by atoms with Crippen LogP contribution < -0.4 is 11.1 Å². The van der Waals surface area contributed by atoms with Gasteiger partial charge in [-0.25, -0.2) is 0 Å². The molecule has 0 unspecified atom stereocenters. The minimum Gasteiger partial charge on any atom is -0.398 e. The molecule has 0 saturated heterocycles. The third kappa shape index (κ3) is 2.05. The molecule has 0 aromatic heterocycles. The van der Waals surface area contributed by atoms with E-state index >= 15 is 0 Å². The van der Waals surface area contributed by atoms with Crippen LogP contribution in [0.15, 0.2) is 36.4 Å².